The van der Waals surface area contributed by atoms with Crippen LogP contribution >= 0.6 is 47.0 Å². The van der Waals surface area contributed by atoms with E-state index in [0.29, 0.717) is 76.9 Å². The van der Waals surface area contributed by atoms with Gasteiger partial charge in [0, 0.05) is 81.5 Å². The van der Waals surface area contributed by atoms with E-state index >= 15 is 0 Å². The zero-order valence-electron chi connectivity index (χ0n) is 42.7. The Morgan fingerprint density at radius 1 is 0.797 bits per heavy atom. The van der Waals surface area contributed by atoms with Gasteiger partial charge in [0.05, 0.1) is 49.1 Å². The highest BCUT2D eigenvalue weighted by atomic mass is 32.2. The summed E-state index contributed by atoms with van der Waals surface area (Å²) in [7, 11) is 1.31. The predicted octanol–water partition coefficient (Wildman–Crippen LogP) is 5.85. The van der Waals surface area contributed by atoms with E-state index in [1.165, 1.54) is 42.4 Å². The smallest absolute Gasteiger partial charge is 0.340 e. The second-order valence-electron chi connectivity index (χ2n) is 19.1. The third kappa shape index (κ3) is 12.9. The summed E-state index contributed by atoms with van der Waals surface area (Å²) < 4.78 is 16.8. The van der Waals surface area contributed by atoms with E-state index in [0.717, 1.165) is 61.8 Å². The minimum Gasteiger partial charge on any atom is -0.465 e. The van der Waals surface area contributed by atoms with Crippen LogP contribution in [0.4, 0.5) is 0 Å². The fraction of sp³-hybridized carbons (Fsp3) is 0.566. The van der Waals surface area contributed by atoms with Crippen LogP contribution in [0.1, 0.15) is 115 Å². The highest BCUT2D eigenvalue weighted by molar-refractivity contribution is 8.13. The molecule has 0 spiro atoms. The predicted molar refractivity (Wildman–Crippen MR) is 294 cm³/mol. The maximum Gasteiger partial charge on any atom is 0.340 e. The van der Waals surface area contributed by atoms with Crippen LogP contribution < -0.4 is 0 Å². The van der Waals surface area contributed by atoms with Crippen LogP contribution in [0.15, 0.2) is 24.8 Å². The van der Waals surface area contributed by atoms with E-state index in [9.17, 15) is 50.1 Å². The first-order chi connectivity index (χ1) is 35.4. The van der Waals surface area contributed by atoms with Gasteiger partial charge in [0.25, 0.3) is 0 Å². The Kier molecular flexibility index (Phi) is 20.6. The zero-order chi connectivity index (χ0) is 53.5. The van der Waals surface area contributed by atoms with Crippen molar-refractivity contribution in [2.45, 2.75) is 145 Å². The summed E-state index contributed by atoms with van der Waals surface area (Å²) in [5, 5.41) is 70.3. The number of H-pyrrole nitrogens is 2. The number of allylic oxidation sites excluding steroid dienone is 1. The average molecular weight is 1100 g/mol. The summed E-state index contributed by atoms with van der Waals surface area (Å²) in [4.78, 5) is 59.9. The van der Waals surface area contributed by atoms with E-state index in [1.54, 1.807) is 0 Å². The molecule has 4 aliphatic heterocycles. The van der Waals surface area contributed by atoms with Crippen molar-refractivity contribution in [1.82, 2.24) is 19.9 Å². The van der Waals surface area contributed by atoms with Crippen molar-refractivity contribution < 1.29 is 64.3 Å². The first kappa shape index (κ1) is 58.1. The van der Waals surface area contributed by atoms with E-state index < -0.39 is 72.8 Å². The molecule has 0 radical (unpaired) electrons. The van der Waals surface area contributed by atoms with E-state index in [4.69, 9.17) is 24.2 Å². The van der Waals surface area contributed by atoms with Crippen LogP contribution in [0.5, 0.6) is 0 Å². The topological polar surface area (TPSA) is 278 Å². The number of fused-ring (bicyclic) bond motifs is 8. The van der Waals surface area contributed by atoms with Gasteiger partial charge in [-0.15, -0.1) is 23.5 Å². The SMILES string of the molecule is C=Cc1c(C)c2cc3nc(c(CC(=O)SCCCS[C@H]4C[C@@H](O)[C@H](O)[C@@H](CO)O4)c4nc(cc5[nH]c(cc1[nH]2)c(C)c5CC)C(C)=C4C(=O)OC)[C@@H](CCC(=O)SCCCS[C@@H]1O[C@H](CO)[C@@H](O)[C@H](O)[C@H]1O)[C@@H]3C. The van der Waals surface area contributed by atoms with E-state index in [-0.39, 0.29) is 46.9 Å². The van der Waals surface area contributed by atoms with Crippen molar-refractivity contribution in [3.05, 3.63) is 75.4 Å². The molecule has 2 fully saturated rings. The Balaban J connectivity index is 1.23. The Labute approximate surface area is 448 Å². The lowest BCUT2D eigenvalue weighted by Crippen LogP contribution is -2.57. The average Bonchev–Trinajstić information content (AvgIpc) is 4.07. The van der Waals surface area contributed by atoms with Gasteiger partial charge >= 0.3 is 5.97 Å². The van der Waals surface area contributed by atoms with Crippen molar-refractivity contribution in [2.24, 2.45) is 0 Å². The standard InChI is InChI=1S/C53H70N4O13S4/c1-8-29-25(3)33-19-35-27(5)31(12-13-42(61)71-14-11-17-74-53-51(66)50(65)49(64)41(24-59)70-53)46(56-35)32(18-43(62)72-15-10-16-73-44-22-39(60)48(63)40(23-58)69-44)47-45(52(67)68-7)28(6)36(57-47)21-38-30(9-2)26(4)34(55-38)20-37(29)54-33/h8,19-21,27,31,39-41,44,48-51,53-55,58-60,63-66H,1,9-18,22-24H2,2-7H3/t27-,31-,39+,40+,41+,44-,48-,49+,50-,51+,53-/m0/s1. The molecule has 3 aromatic heterocycles. The van der Waals surface area contributed by atoms with Gasteiger partial charge in [0.2, 0.25) is 0 Å². The molecule has 9 N–H and O–H groups in total. The number of esters is 1. The van der Waals surface area contributed by atoms with Crippen molar-refractivity contribution in [3.63, 3.8) is 0 Å². The van der Waals surface area contributed by atoms with Gasteiger partial charge in [-0.05, 0) is 98.4 Å². The number of rotatable bonds is 20. The molecule has 74 heavy (non-hydrogen) atoms. The maximum atomic E-state index is 14.4. The quantitative estimate of drug-likeness (QED) is 0.0474. The van der Waals surface area contributed by atoms with Crippen molar-refractivity contribution in [1.29, 1.82) is 0 Å². The highest BCUT2D eigenvalue weighted by Gasteiger charge is 2.44. The number of aryl methyl sites for hydroxylation is 3. The number of aliphatic hydroxyl groups excluding tert-OH is 7. The van der Waals surface area contributed by atoms with Crippen LogP contribution in [-0.2, 0) is 41.4 Å². The number of methoxy groups -OCH3 is 1. The number of aliphatic hydroxyl groups is 7. The van der Waals surface area contributed by atoms with Crippen LogP contribution in [0.3, 0.4) is 0 Å². The first-order valence-corrected chi connectivity index (χ1v) is 29.2. The summed E-state index contributed by atoms with van der Waals surface area (Å²) in [5.41, 5.74) is 9.53. The monoisotopic (exact) mass is 1100 g/mol. The molecule has 0 aromatic carbocycles. The number of carbonyl (C=O) groups is 3. The lowest BCUT2D eigenvalue weighted by molar-refractivity contribution is -0.205. The summed E-state index contributed by atoms with van der Waals surface area (Å²) in [6.07, 6.45) is -3.98. The largest absolute Gasteiger partial charge is 0.465 e. The second-order valence-corrected chi connectivity index (χ2v) is 23.8. The summed E-state index contributed by atoms with van der Waals surface area (Å²) >= 11 is 5.02. The lowest BCUT2D eigenvalue weighted by Gasteiger charge is -2.39. The number of thioether (sulfide) groups is 4. The van der Waals surface area contributed by atoms with Gasteiger partial charge in [-0.1, -0.05) is 50.0 Å². The molecule has 404 valence electrons. The molecule has 7 heterocycles. The maximum absolute atomic E-state index is 14.4. The van der Waals surface area contributed by atoms with Crippen LogP contribution in [-0.4, -0.2) is 169 Å². The molecule has 0 unspecified atom stereocenters. The molecule has 11 atom stereocenters. The molecular weight excluding hydrogens is 1030 g/mol. The Morgan fingerprint density at radius 2 is 1.46 bits per heavy atom. The normalized spacial score (nSPS) is 26.1. The van der Waals surface area contributed by atoms with Crippen molar-refractivity contribution in [2.75, 3.05) is 43.3 Å². The zero-order valence-corrected chi connectivity index (χ0v) is 45.9. The second kappa shape index (κ2) is 26.2. The summed E-state index contributed by atoms with van der Waals surface area (Å²) in [6, 6.07) is 6.02. The summed E-state index contributed by atoms with van der Waals surface area (Å²) in [6.45, 7) is 13.3. The molecule has 0 aliphatic carbocycles. The van der Waals surface area contributed by atoms with Crippen molar-refractivity contribution >= 4 is 103 Å². The van der Waals surface area contributed by atoms with Gasteiger partial charge in [-0.25, -0.2) is 9.78 Å². The van der Waals surface area contributed by atoms with Gasteiger partial charge in [0.15, 0.2) is 10.2 Å². The van der Waals surface area contributed by atoms with Gasteiger partial charge < -0.3 is 59.9 Å². The fourth-order valence-corrected chi connectivity index (χ4v) is 14.2. The molecule has 0 saturated carbocycles. The molecule has 7 rings (SSSR count). The molecule has 4 aliphatic rings. The number of carbonyl (C=O) groups excluding carboxylic acids is 3. The number of nitrogens with one attached hydrogen (secondary N) is 2. The molecule has 3 aromatic rings. The number of hydrogen-bond acceptors (Lipinski definition) is 19. The molecule has 21 heteroatoms. The van der Waals surface area contributed by atoms with Crippen molar-refractivity contribution in [3.8, 4) is 0 Å². The van der Waals surface area contributed by atoms with Gasteiger partial charge in [-0.3, -0.25) is 14.6 Å². The van der Waals surface area contributed by atoms with Crippen LogP contribution in [0.2, 0.25) is 0 Å². The number of hydrogen-bond donors (Lipinski definition) is 9. The van der Waals surface area contributed by atoms with E-state index in [2.05, 4.69) is 43.4 Å². The molecular formula is C53H70N4O13S4. The highest BCUT2D eigenvalue weighted by Crippen LogP contribution is 2.45. The Bertz CT molecular complexity index is 2750. The van der Waals surface area contributed by atoms with Gasteiger partial charge in [0.1, 0.15) is 47.5 Å². The lowest BCUT2D eigenvalue weighted by atomic mass is 9.84. The third-order valence-corrected chi connectivity index (χ3v) is 18.8. The number of nitrogens with zero attached hydrogens (tertiary/aromatic N) is 2. The molecule has 17 nitrogen and oxygen atoms in total. The number of ether oxygens (including phenoxy) is 3. The molecule has 8 bridgehead atoms. The molecule has 2 saturated heterocycles. The van der Waals surface area contributed by atoms with Crippen LogP contribution in [0.25, 0.3) is 39.3 Å². The Hall–Kier alpha value is -3.55. The van der Waals surface area contributed by atoms with Gasteiger partial charge in [-0.2, -0.15) is 0 Å². The Morgan fingerprint density at radius 3 is 2.14 bits per heavy atom. The minimum atomic E-state index is -1.46. The molecule has 0 amide bonds. The summed E-state index contributed by atoms with van der Waals surface area (Å²) in [5.74, 6) is 0.747. The minimum absolute atomic E-state index is 0.0509. The van der Waals surface area contributed by atoms with Crippen LogP contribution in [0, 0.1) is 13.8 Å². The fourth-order valence-electron chi connectivity index (χ4n) is 10.0. The number of aromatic nitrogens is 4. The number of aromatic amines is 2. The first-order valence-electron chi connectivity index (χ1n) is 25.1. The van der Waals surface area contributed by atoms with E-state index in [1.807, 2.05) is 32.1 Å². The third-order valence-electron chi connectivity index (χ3n) is 14.4.